The van der Waals surface area contributed by atoms with Gasteiger partial charge in [0.05, 0.1) is 18.6 Å². The standard InChI is InChI=1S/C10H15N3O2/c14-7-9-5-12(8-11-9)6-10(15)13-3-1-2-4-13/h5,8,14H,1-4,6-7H2. The Labute approximate surface area is 88.3 Å². The zero-order chi connectivity index (χ0) is 10.7. The highest BCUT2D eigenvalue weighted by Gasteiger charge is 2.17. The molecule has 1 N–H and O–H groups in total. The van der Waals surface area contributed by atoms with E-state index in [2.05, 4.69) is 4.98 Å². The summed E-state index contributed by atoms with van der Waals surface area (Å²) in [5, 5.41) is 8.83. The van der Waals surface area contributed by atoms with Gasteiger partial charge in [-0.15, -0.1) is 0 Å². The van der Waals surface area contributed by atoms with Crippen molar-refractivity contribution in [2.24, 2.45) is 0 Å². The van der Waals surface area contributed by atoms with Crippen LogP contribution < -0.4 is 0 Å². The van der Waals surface area contributed by atoms with Crippen LogP contribution >= 0.6 is 0 Å². The van der Waals surface area contributed by atoms with Crippen LogP contribution in [0.1, 0.15) is 18.5 Å². The summed E-state index contributed by atoms with van der Waals surface area (Å²) in [6, 6.07) is 0. The number of carbonyl (C=O) groups excluding carboxylic acids is 1. The Kier molecular flexibility index (Phi) is 3.01. The van der Waals surface area contributed by atoms with E-state index in [1.54, 1.807) is 17.1 Å². The zero-order valence-electron chi connectivity index (χ0n) is 8.59. The fraction of sp³-hybridized carbons (Fsp3) is 0.600. The third-order valence-corrected chi connectivity index (χ3v) is 2.63. The van der Waals surface area contributed by atoms with Crippen molar-refractivity contribution in [3.8, 4) is 0 Å². The van der Waals surface area contributed by atoms with E-state index in [-0.39, 0.29) is 12.5 Å². The van der Waals surface area contributed by atoms with Gasteiger partial charge in [0.15, 0.2) is 0 Å². The maximum absolute atomic E-state index is 11.7. The van der Waals surface area contributed by atoms with E-state index in [9.17, 15) is 4.79 Å². The molecule has 15 heavy (non-hydrogen) atoms. The molecule has 0 saturated carbocycles. The van der Waals surface area contributed by atoms with Crippen LogP contribution in [0.3, 0.4) is 0 Å². The van der Waals surface area contributed by atoms with Crippen LogP contribution in [0.2, 0.25) is 0 Å². The lowest BCUT2D eigenvalue weighted by atomic mass is 10.4. The third-order valence-electron chi connectivity index (χ3n) is 2.63. The smallest absolute Gasteiger partial charge is 0.242 e. The number of imidazole rings is 1. The van der Waals surface area contributed by atoms with Crippen LogP contribution in [-0.2, 0) is 17.9 Å². The number of aliphatic hydroxyl groups excluding tert-OH is 1. The van der Waals surface area contributed by atoms with Crippen molar-refractivity contribution in [2.75, 3.05) is 13.1 Å². The Morgan fingerprint density at radius 3 is 2.80 bits per heavy atom. The Hall–Kier alpha value is -1.36. The summed E-state index contributed by atoms with van der Waals surface area (Å²) in [6.07, 6.45) is 5.50. The molecule has 1 aliphatic rings. The molecule has 1 fully saturated rings. The highest BCUT2D eigenvalue weighted by molar-refractivity contribution is 5.76. The van der Waals surface area contributed by atoms with Crippen molar-refractivity contribution in [1.29, 1.82) is 0 Å². The number of amides is 1. The molecule has 5 heteroatoms. The second kappa shape index (κ2) is 4.44. The molecule has 0 spiro atoms. The summed E-state index contributed by atoms with van der Waals surface area (Å²) in [4.78, 5) is 17.6. The molecule has 0 radical (unpaired) electrons. The van der Waals surface area contributed by atoms with Gasteiger partial charge in [0.2, 0.25) is 5.91 Å². The Morgan fingerprint density at radius 1 is 1.47 bits per heavy atom. The summed E-state index contributed by atoms with van der Waals surface area (Å²) in [5.41, 5.74) is 0.601. The number of rotatable bonds is 3. The SMILES string of the molecule is O=C(Cn1cnc(CO)c1)N1CCCC1. The van der Waals surface area contributed by atoms with Crippen LogP contribution in [0.5, 0.6) is 0 Å². The summed E-state index contributed by atoms with van der Waals surface area (Å²) in [6.45, 7) is 2.00. The molecule has 1 aromatic heterocycles. The lowest BCUT2D eigenvalue weighted by Crippen LogP contribution is -2.30. The normalized spacial score (nSPS) is 15.9. The molecule has 82 valence electrons. The first-order valence-electron chi connectivity index (χ1n) is 5.19. The molecule has 0 bridgehead atoms. The van der Waals surface area contributed by atoms with Crippen LogP contribution in [0.25, 0.3) is 0 Å². The third kappa shape index (κ3) is 2.36. The second-order valence-corrected chi connectivity index (χ2v) is 3.78. The van der Waals surface area contributed by atoms with Gasteiger partial charge in [-0.1, -0.05) is 0 Å². The molecule has 0 atom stereocenters. The first kappa shape index (κ1) is 10.2. The van der Waals surface area contributed by atoms with E-state index in [4.69, 9.17) is 5.11 Å². The first-order valence-corrected chi connectivity index (χ1v) is 5.19. The lowest BCUT2D eigenvalue weighted by molar-refractivity contribution is -0.130. The number of aliphatic hydroxyl groups is 1. The molecule has 2 heterocycles. The quantitative estimate of drug-likeness (QED) is 0.762. The number of hydrogen-bond donors (Lipinski definition) is 1. The summed E-state index contributed by atoms with van der Waals surface area (Å²) >= 11 is 0. The molecule has 1 saturated heterocycles. The fourth-order valence-corrected chi connectivity index (χ4v) is 1.80. The van der Waals surface area contributed by atoms with Gasteiger partial charge >= 0.3 is 0 Å². The minimum Gasteiger partial charge on any atom is -0.390 e. The van der Waals surface area contributed by atoms with E-state index in [0.29, 0.717) is 12.2 Å². The van der Waals surface area contributed by atoms with Gasteiger partial charge in [-0.05, 0) is 12.8 Å². The van der Waals surface area contributed by atoms with Crippen molar-refractivity contribution in [2.45, 2.75) is 26.0 Å². The predicted octanol–water partition coefficient (Wildman–Crippen LogP) is -0.00220. The summed E-state index contributed by atoms with van der Waals surface area (Å²) in [5.74, 6) is 0.134. The van der Waals surface area contributed by atoms with Crippen molar-refractivity contribution in [1.82, 2.24) is 14.5 Å². The van der Waals surface area contributed by atoms with Crippen molar-refractivity contribution < 1.29 is 9.90 Å². The van der Waals surface area contributed by atoms with Gasteiger partial charge in [-0.2, -0.15) is 0 Å². The van der Waals surface area contributed by atoms with Crippen LogP contribution in [0.4, 0.5) is 0 Å². The highest BCUT2D eigenvalue weighted by atomic mass is 16.3. The monoisotopic (exact) mass is 209 g/mol. The molecular weight excluding hydrogens is 194 g/mol. The van der Waals surface area contributed by atoms with Gasteiger partial charge in [0.25, 0.3) is 0 Å². The van der Waals surface area contributed by atoms with Crippen molar-refractivity contribution in [3.05, 3.63) is 18.2 Å². The fourth-order valence-electron chi connectivity index (χ4n) is 1.80. The number of hydrogen-bond acceptors (Lipinski definition) is 3. The topological polar surface area (TPSA) is 58.4 Å². The Bertz CT molecular complexity index is 342. The van der Waals surface area contributed by atoms with Gasteiger partial charge in [0.1, 0.15) is 6.54 Å². The van der Waals surface area contributed by atoms with E-state index in [1.165, 1.54) is 0 Å². The molecule has 1 aliphatic heterocycles. The Balaban J connectivity index is 1.92. The van der Waals surface area contributed by atoms with E-state index in [1.807, 2.05) is 4.90 Å². The average molecular weight is 209 g/mol. The largest absolute Gasteiger partial charge is 0.390 e. The van der Waals surface area contributed by atoms with Gasteiger partial charge < -0.3 is 14.6 Å². The predicted molar refractivity (Wildman–Crippen MR) is 54.0 cm³/mol. The molecule has 0 aromatic carbocycles. The average Bonchev–Trinajstić information content (AvgIpc) is 2.87. The summed E-state index contributed by atoms with van der Waals surface area (Å²) < 4.78 is 1.71. The van der Waals surface area contributed by atoms with Crippen LogP contribution in [0.15, 0.2) is 12.5 Å². The van der Waals surface area contributed by atoms with Gasteiger partial charge in [-0.3, -0.25) is 4.79 Å². The molecule has 0 aliphatic carbocycles. The van der Waals surface area contributed by atoms with E-state index >= 15 is 0 Å². The molecule has 5 nitrogen and oxygen atoms in total. The number of aromatic nitrogens is 2. The Morgan fingerprint density at radius 2 is 2.20 bits per heavy atom. The van der Waals surface area contributed by atoms with E-state index in [0.717, 1.165) is 25.9 Å². The van der Waals surface area contributed by atoms with E-state index < -0.39 is 0 Å². The minimum absolute atomic E-state index is 0.0785. The first-order chi connectivity index (χ1) is 7.29. The number of likely N-dealkylation sites (tertiary alicyclic amines) is 1. The molecule has 2 rings (SSSR count). The molecular formula is C10H15N3O2. The van der Waals surface area contributed by atoms with Crippen LogP contribution in [-0.4, -0.2) is 38.6 Å². The molecule has 1 amide bonds. The van der Waals surface area contributed by atoms with Crippen molar-refractivity contribution >= 4 is 5.91 Å². The zero-order valence-corrected chi connectivity index (χ0v) is 8.59. The number of carbonyl (C=O) groups is 1. The van der Waals surface area contributed by atoms with Crippen molar-refractivity contribution in [3.63, 3.8) is 0 Å². The second-order valence-electron chi connectivity index (χ2n) is 3.78. The van der Waals surface area contributed by atoms with Gasteiger partial charge in [-0.25, -0.2) is 4.98 Å². The molecule has 0 unspecified atom stereocenters. The number of nitrogens with zero attached hydrogens (tertiary/aromatic N) is 3. The minimum atomic E-state index is -0.0785. The summed E-state index contributed by atoms with van der Waals surface area (Å²) in [7, 11) is 0. The lowest BCUT2D eigenvalue weighted by Gasteiger charge is -2.14. The maximum atomic E-state index is 11.7. The highest BCUT2D eigenvalue weighted by Crippen LogP contribution is 2.08. The molecule has 1 aromatic rings. The van der Waals surface area contributed by atoms with Crippen LogP contribution in [0, 0.1) is 0 Å². The maximum Gasteiger partial charge on any atom is 0.242 e. The van der Waals surface area contributed by atoms with Gasteiger partial charge in [0, 0.05) is 19.3 Å².